The molecule has 1 N–H and O–H groups in total. The lowest BCUT2D eigenvalue weighted by Crippen LogP contribution is -2.42. The predicted molar refractivity (Wildman–Crippen MR) is 52.2 cm³/mol. The molecule has 2 atom stereocenters. The Kier molecular flexibility index (Phi) is 2.72. The van der Waals surface area contributed by atoms with E-state index in [-0.39, 0.29) is 17.7 Å². The fourth-order valence-electron chi connectivity index (χ4n) is 2.46. The van der Waals surface area contributed by atoms with Crippen molar-refractivity contribution in [1.82, 2.24) is 5.32 Å². The average Bonchev–Trinajstić information content (AvgIpc) is 2.12. The normalized spacial score (nSPS) is 29.9. The number of amides is 1. The van der Waals surface area contributed by atoms with Gasteiger partial charge in [0, 0.05) is 6.54 Å². The first-order valence-corrected chi connectivity index (χ1v) is 5.50. The van der Waals surface area contributed by atoms with Crippen LogP contribution < -0.4 is 5.32 Å². The van der Waals surface area contributed by atoms with Crippen molar-refractivity contribution >= 4 is 5.91 Å². The minimum atomic E-state index is -0.0287. The monoisotopic (exact) mass is 192 g/mol. The number of carbonyl (C=O) groups is 1. The van der Waals surface area contributed by atoms with Crippen molar-refractivity contribution < 1.29 is 4.79 Å². The molecule has 3 nitrogen and oxygen atoms in total. The summed E-state index contributed by atoms with van der Waals surface area (Å²) in [5.74, 6) is 0.548. The minimum absolute atomic E-state index is 0.0240. The third-order valence-corrected chi connectivity index (χ3v) is 3.57. The molecule has 1 saturated heterocycles. The number of nitriles is 1. The fraction of sp³-hybridized carbons (Fsp3) is 0.818. The summed E-state index contributed by atoms with van der Waals surface area (Å²) in [6.45, 7) is 0.790. The van der Waals surface area contributed by atoms with Crippen LogP contribution in [0.25, 0.3) is 0 Å². The molecule has 14 heavy (non-hydrogen) atoms. The van der Waals surface area contributed by atoms with Gasteiger partial charge in [-0.25, -0.2) is 0 Å². The van der Waals surface area contributed by atoms with Crippen LogP contribution in [0.1, 0.15) is 32.1 Å². The Hall–Kier alpha value is -1.04. The summed E-state index contributed by atoms with van der Waals surface area (Å²) in [4.78, 5) is 11.6. The van der Waals surface area contributed by atoms with Crippen LogP contribution in [0.15, 0.2) is 0 Å². The second kappa shape index (κ2) is 4.00. The summed E-state index contributed by atoms with van der Waals surface area (Å²) < 4.78 is 0. The van der Waals surface area contributed by atoms with Gasteiger partial charge in [-0.05, 0) is 31.6 Å². The van der Waals surface area contributed by atoms with Crippen LogP contribution >= 0.6 is 0 Å². The lowest BCUT2D eigenvalue weighted by Gasteiger charge is -2.35. The van der Waals surface area contributed by atoms with Crippen molar-refractivity contribution in [3.05, 3.63) is 0 Å². The van der Waals surface area contributed by atoms with E-state index in [2.05, 4.69) is 11.4 Å². The number of hydrogen-bond acceptors (Lipinski definition) is 2. The molecule has 0 spiro atoms. The zero-order valence-corrected chi connectivity index (χ0v) is 8.33. The maximum atomic E-state index is 11.6. The van der Waals surface area contributed by atoms with Gasteiger partial charge < -0.3 is 5.32 Å². The summed E-state index contributed by atoms with van der Waals surface area (Å²) in [5, 5.41) is 12.0. The van der Waals surface area contributed by atoms with Crippen molar-refractivity contribution in [2.24, 2.45) is 17.8 Å². The van der Waals surface area contributed by atoms with Crippen molar-refractivity contribution in [2.45, 2.75) is 32.1 Å². The zero-order valence-electron chi connectivity index (χ0n) is 8.33. The number of carbonyl (C=O) groups excluding carboxylic acids is 1. The molecule has 0 aromatic carbocycles. The Morgan fingerprint density at radius 2 is 2.14 bits per heavy atom. The SMILES string of the molecule is N#CC(C1CCC1)C1CCCNC1=O. The van der Waals surface area contributed by atoms with Crippen molar-refractivity contribution in [3.63, 3.8) is 0 Å². The highest BCUT2D eigenvalue weighted by Crippen LogP contribution is 2.38. The maximum absolute atomic E-state index is 11.6. The minimum Gasteiger partial charge on any atom is -0.356 e. The first-order chi connectivity index (χ1) is 6.83. The standard InChI is InChI=1S/C11H16N2O/c12-7-10(8-3-1-4-8)9-5-2-6-13-11(9)14/h8-10H,1-6H2,(H,13,14). The molecule has 2 unspecified atom stereocenters. The number of hydrogen-bond donors (Lipinski definition) is 1. The van der Waals surface area contributed by atoms with E-state index in [4.69, 9.17) is 5.26 Å². The van der Waals surface area contributed by atoms with Crippen molar-refractivity contribution in [3.8, 4) is 6.07 Å². The van der Waals surface area contributed by atoms with Gasteiger partial charge in [0.05, 0.1) is 17.9 Å². The highest BCUT2D eigenvalue weighted by atomic mass is 16.1. The number of piperidine rings is 1. The highest BCUT2D eigenvalue weighted by Gasteiger charge is 2.37. The third-order valence-electron chi connectivity index (χ3n) is 3.57. The van der Waals surface area contributed by atoms with Crippen LogP contribution in [0.5, 0.6) is 0 Å². The van der Waals surface area contributed by atoms with E-state index < -0.39 is 0 Å². The van der Waals surface area contributed by atoms with Gasteiger partial charge in [-0.15, -0.1) is 0 Å². The molecular formula is C11H16N2O. The van der Waals surface area contributed by atoms with Gasteiger partial charge in [-0.2, -0.15) is 5.26 Å². The second-order valence-electron chi connectivity index (χ2n) is 4.39. The van der Waals surface area contributed by atoms with Crippen molar-refractivity contribution in [1.29, 1.82) is 5.26 Å². The Balaban J connectivity index is 2.02. The summed E-state index contributed by atoms with van der Waals surface area (Å²) in [6, 6.07) is 2.34. The quantitative estimate of drug-likeness (QED) is 0.720. The summed E-state index contributed by atoms with van der Waals surface area (Å²) >= 11 is 0. The van der Waals surface area contributed by atoms with Gasteiger partial charge in [0.2, 0.25) is 5.91 Å². The molecule has 2 fully saturated rings. The molecule has 1 saturated carbocycles. The van der Waals surface area contributed by atoms with Gasteiger partial charge in [-0.1, -0.05) is 6.42 Å². The number of nitrogens with zero attached hydrogens (tertiary/aromatic N) is 1. The van der Waals surface area contributed by atoms with Gasteiger partial charge in [0.25, 0.3) is 0 Å². The molecule has 1 aliphatic carbocycles. The molecular weight excluding hydrogens is 176 g/mol. The smallest absolute Gasteiger partial charge is 0.224 e. The van der Waals surface area contributed by atoms with E-state index >= 15 is 0 Å². The summed E-state index contributed by atoms with van der Waals surface area (Å²) in [5.41, 5.74) is 0. The Bertz CT molecular complexity index is 265. The highest BCUT2D eigenvalue weighted by molar-refractivity contribution is 5.80. The molecule has 0 aromatic rings. The molecule has 1 heterocycles. The Morgan fingerprint density at radius 1 is 1.36 bits per heavy atom. The van der Waals surface area contributed by atoms with E-state index in [1.807, 2.05) is 0 Å². The average molecular weight is 192 g/mol. The van der Waals surface area contributed by atoms with Crippen LogP contribution in [-0.4, -0.2) is 12.5 Å². The Morgan fingerprint density at radius 3 is 2.64 bits per heavy atom. The molecule has 1 aliphatic heterocycles. The summed E-state index contributed by atoms with van der Waals surface area (Å²) in [7, 11) is 0. The van der Waals surface area contributed by atoms with E-state index in [9.17, 15) is 4.79 Å². The van der Waals surface area contributed by atoms with Crippen molar-refractivity contribution in [2.75, 3.05) is 6.54 Å². The molecule has 0 bridgehead atoms. The van der Waals surface area contributed by atoms with Crippen LogP contribution in [-0.2, 0) is 4.79 Å². The van der Waals surface area contributed by atoms with E-state index in [1.54, 1.807) is 0 Å². The molecule has 0 aromatic heterocycles. The molecule has 2 rings (SSSR count). The van der Waals surface area contributed by atoms with Gasteiger partial charge in [0.15, 0.2) is 0 Å². The first kappa shape index (κ1) is 9.51. The lowest BCUT2D eigenvalue weighted by molar-refractivity contribution is -0.128. The van der Waals surface area contributed by atoms with Crippen LogP contribution in [0.4, 0.5) is 0 Å². The van der Waals surface area contributed by atoms with Crippen LogP contribution in [0.2, 0.25) is 0 Å². The maximum Gasteiger partial charge on any atom is 0.224 e. The van der Waals surface area contributed by atoms with Crippen LogP contribution in [0, 0.1) is 29.1 Å². The number of nitrogens with one attached hydrogen (secondary N) is 1. The zero-order chi connectivity index (χ0) is 9.97. The topological polar surface area (TPSA) is 52.9 Å². The van der Waals surface area contributed by atoms with Gasteiger partial charge in [-0.3, -0.25) is 4.79 Å². The Labute approximate surface area is 84.5 Å². The van der Waals surface area contributed by atoms with Crippen LogP contribution in [0.3, 0.4) is 0 Å². The lowest BCUT2D eigenvalue weighted by atomic mass is 9.69. The third kappa shape index (κ3) is 1.61. The molecule has 3 heteroatoms. The number of rotatable bonds is 2. The second-order valence-corrected chi connectivity index (χ2v) is 4.39. The predicted octanol–water partition coefficient (Wildman–Crippen LogP) is 1.45. The van der Waals surface area contributed by atoms with E-state index in [0.717, 1.165) is 32.2 Å². The largest absolute Gasteiger partial charge is 0.356 e. The van der Waals surface area contributed by atoms with E-state index in [1.165, 1.54) is 6.42 Å². The molecule has 1 amide bonds. The summed E-state index contributed by atoms with van der Waals surface area (Å²) in [6.07, 6.45) is 5.45. The molecule has 2 aliphatic rings. The fourth-order valence-corrected chi connectivity index (χ4v) is 2.46. The molecule has 0 radical (unpaired) electrons. The first-order valence-electron chi connectivity index (χ1n) is 5.50. The van der Waals surface area contributed by atoms with Gasteiger partial charge >= 0.3 is 0 Å². The van der Waals surface area contributed by atoms with E-state index in [0.29, 0.717) is 5.92 Å². The molecule has 76 valence electrons. The van der Waals surface area contributed by atoms with Gasteiger partial charge in [0.1, 0.15) is 0 Å².